The first kappa shape index (κ1) is 12.6. The van der Waals surface area contributed by atoms with Crippen molar-refractivity contribution in [3.63, 3.8) is 0 Å². The zero-order chi connectivity index (χ0) is 13.2. The molecule has 1 aromatic carbocycles. The number of benzene rings is 1. The maximum absolute atomic E-state index is 11.9. The fraction of sp³-hybridized carbons (Fsp3) is 0.357. The lowest BCUT2D eigenvalue weighted by molar-refractivity contribution is -0.128. The molecule has 1 aromatic heterocycles. The van der Waals surface area contributed by atoms with Crippen LogP contribution >= 0.6 is 11.8 Å². The second kappa shape index (κ2) is 5.27. The van der Waals surface area contributed by atoms with Gasteiger partial charge in [0.2, 0.25) is 5.91 Å². The molecule has 4 nitrogen and oxygen atoms in total. The molecule has 19 heavy (non-hydrogen) atoms. The number of rotatable bonds is 4. The minimum absolute atomic E-state index is 0.0635. The van der Waals surface area contributed by atoms with Gasteiger partial charge < -0.3 is 14.4 Å². The van der Waals surface area contributed by atoms with Crippen LogP contribution in [0.2, 0.25) is 0 Å². The zero-order valence-electron chi connectivity index (χ0n) is 10.4. The Kier molecular flexibility index (Phi) is 3.48. The molecule has 1 amide bonds. The van der Waals surface area contributed by atoms with E-state index in [0.29, 0.717) is 18.7 Å². The van der Waals surface area contributed by atoms with Crippen molar-refractivity contribution >= 4 is 28.6 Å². The highest BCUT2D eigenvalue weighted by molar-refractivity contribution is 8.00. The minimum Gasteiger partial charge on any atom is -0.458 e. The van der Waals surface area contributed by atoms with Gasteiger partial charge in [-0.3, -0.25) is 4.79 Å². The largest absolute Gasteiger partial charge is 0.458 e. The molecular formula is C14H15NO3S. The topological polar surface area (TPSA) is 53.7 Å². The van der Waals surface area contributed by atoms with Gasteiger partial charge in [-0.1, -0.05) is 18.2 Å². The van der Waals surface area contributed by atoms with Crippen molar-refractivity contribution in [3.05, 3.63) is 36.1 Å². The van der Waals surface area contributed by atoms with Gasteiger partial charge in [-0.15, -0.1) is 11.8 Å². The summed E-state index contributed by atoms with van der Waals surface area (Å²) in [6, 6.07) is 9.84. The fourth-order valence-corrected chi connectivity index (χ4v) is 3.45. The van der Waals surface area contributed by atoms with Crippen molar-refractivity contribution in [3.8, 4) is 0 Å². The van der Waals surface area contributed by atoms with Crippen LogP contribution in [-0.4, -0.2) is 34.8 Å². The molecular weight excluding hydrogens is 262 g/mol. The number of aliphatic hydroxyl groups excluding tert-OH is 1. The summed E-state index contributed by atoms with van der Waals surface area (Å²) in [4.78, 5) is 13.7. The summed E-state index contributed by atoms with van der Waals surface area (Å²) in [5, 5.41) is 9.91. The number of hydrogen-bond donors (Lipinski definition) is 1. The van der Waals surface area contributed by atoms with Gasteiger partial charge >= 0.3 is 0 Å². The van der Waals surface area contributed by atoms with Crippen molar-refractivity contribution in [2.75, 3.05) is 18.9 Å². The second-order valence-corrected chi connectivity index (χ2v) is 5.58. The van der Waals surface area contributed by atoms with Gasteiger partial charge in [0, 0.05) is 18.5 Å². The summed E-state index contributed by atoms with van der Waals surface area (Å²) in [6.45, 7) is 0.672. The third-order valence-corrected chi connectivity index (χ3v) is 4.43. The molecule has 0 spiro atoms. The van der Waals surface area contributed by atoms with E-state index < -0.39 is 0 Å². The third kappa shape index (κ3) is 2.35. The Balaban J connectivity index is 1.89. The lowest BCUT2D eigenvalue weighted by Crippen LogP contribution is -2.29. The van der Waals surface area contributed by atoms with E-state index in [9.17, 15) is 4.79 Å². The van der Waals surface area contributed by atoms with Crippen molar-refractivity contribution in [2.45, 2.75) is 11.8 Å². The number of nitrogens with zero attached hydrogens (tertiary/aromatic N) is 1. The summed E-state index contributed by atoms with van der Waals surface area (Å²) in [7, 11) is 0. The molecule has 3 rings (SSSR count). The maximum Gasteiger partial charge on any atom is 0.233 e. The SMILES string of the molecule is O=C1CSC(c2cc3ccccc3o2)N1CCCO. The molecule has 1 aliphatic rings. The Labute approximate surface area is 115 Å². The third-order valence-electron chi connectivity index (χ3n) is 3.21. The Morgan fingerprint density at radius 3 is 3.05 bits per heavy atom. The number of fused-ring (bicyclic) bond motifs is 1. The minimum atomic E-state index is -0.0635. The van der Waals surface area contributed by atoms with Crippen LogP contribution in [0.15, 0.2) is 34.7 Å². The van der Waals surface area contributed by atoms with E-state index in [0.717, 1.165) is 16.7 Å². The van der Waals surface area contributed by atoms with E-state index in [-0.39, 0.29) is 17.9 Å². The number of furan rings is 1. The smallest absolute Gasteiger partial charge is 0.233 e. The Morgan fingerprint density at radius 1 is 1.42 bits per heavy atom. The lowest BCUT2D eigenvalue weighted by atomic mass is 10.2. The highest BCUT2D eigenvalue weighted by atomic mass is 32.2. The van der Waals surface area contributed by atoms with Crippen LogP contribution in [0.1, 0.15) is 17.6 Å². The normalized spacial score (nSPS) is 19.5. The first-order valence-electron chi connectivity index (χ1n) is 6.30. The van der Waals surface area contributed by atoms with Crippen molar-refractivity contribution in [1.82, 2.24) is 4.90 Å². The molecule has 2 aromatic rings. The van der Waals surface area contributed by atoms with Gasteiger partial charge in [0.25, 0.3) is 0 Å². The Morgan fingerprint density at radius 2 is 2.26 bits per heavy atom. The number of carbonyl (C=O) groups excluding carboxylic acids is 1. The van der Waals surface area contributed by atoms with Crippen LogP contribution in [0.4, 0.5) is 0 Å². The molecule has 1 saturated heterocycles. The number of aliphatic hydroxyl groups is 1. The van der Waals surface area contributed by atoms with E-state index >= 15 is 0 Å². The molecule has 5 heteroatoms. The zero-order valence-corrected chi connectivity index (χ0v) is 11.2. The molecule has 2 heterocycles. The highest BCUT2D eigenvalue weighted by Crippen LogP contribution is 2.40. The van der Waals surface area contributed by atoms with Gasteiger partial charge in [0.15, 0.2) is 0 Å². The van der Waals surface area contributed by atoms with E-state index in [1.165, 1.54) is 0 Å². The van der Waals surface area contributed by atoms with Crippen LogP contribution in [0, 0.1) is 0 Å². The quantitative estimate of drug-likeness (QED) is 0.932. The first-order valence-corrected chi connectivity index (χ1v) is 7.35. The van der Waals surface area contributed by atoms with E-state index in [1.54, 1.807) is 16.7 Å². The molecule has 100 valence electrons. The van der Waals surface area contributed by atoms with E-state index in [1.807, 2.05) is 30.3 Å². The van der Waals surface area contributed by atoms with Gasteiger partial charge in [0.1, 0.15) is 16.7 Å². The number of para-hydroxylation sites is 1. The van der Waals surface area contributed by atoms with Crippen molar-refractivity contribution in [1.29, 1.82) is 0 Å². The van der Waals surface area contributed by atoms with Gasteiger partial charge in [-0.05, 0) is 18.6 Å². The molecule has 0 bridgehead atoms. The molecule has 1 atom stereocenters. The Bertz CT molecular complexity index is 562. The summed E-state index contributed by atoms with van der Waals surface area (Å²) >= 11 is 1.58. The van der Waals surface area contributed by atoms with Crippen LogP contribution in [0.3, 0.4) is 0 Å². The molecule has 1 fully saturated rings. The van der Waals surface area contributed by atoms with E-state index in [2.05, 4.69) is 0 Å². The summed E-state index contributed by atoms with van der Waals surface area (Å²) in [6.07, 6.45) is 0.600. The van der Waals surface area contributed by atoms with E-state index in [4.69, 9.17) is 9.52 Å². The summed E-state index contributed by atoms with van der Waals surface area (Å²) in [5.74, 6) is 1.41. The van der Waals surface area contributed by atoms with Crippen LogP contribution < -0.4 is 0 Å². The Hall–Kier alpha value is -1.46. The van der Waals surface area contributed by atoms with Crippen molar-refractivity contribution < 1.29 is 14.3 Å². The van der Waals surface area contributed by atoms with Crippen molar-refractivity contribution in [2.24, 2.45) is 0 Å². The van der Waals surface area contributed by atoms with Crippen LogP contribution in [-0.2, 0) is 4.79 Å². The number of hydrogen-bond acceptors (Lipinski definition) is 4. The monoisotopic (exact) mass is 277 g/mol. The highest BCUT2D eigenvalue weighted by Gasteiger charge is 2.34. The number of carbonyl (C=O) groups is 1. The molecule has 0 saturated carbocycles. The number of amides is 1. The van der Waals surface area contributed by atoms with Crippen LogP contribution in [0.25, 0.3) is 11.0 Å². The van der Waals surface area contributed by atoms with Gasteiger partial charge in [0.05, 0.1) is 5.75 Å². The predicted octanol–water partition coefficient (Wildman–Crippen LogP) is 2.39. The average Bonchev–Trinajstić information content (AvgIpc) is 2.99. The van der Waals surface area contributed by atoms with Crippen LogP contribution in [0.5, 0.6) is 0 Å². The summed E-state index contributed by atoms with van der Waals surface area (Å²) < 4.78 is 5.83. The lowest BCUT2D eigenvalue weighted by Gasteiger charge is -2.21. The number of thioether (sulfide) groups is 1. The average molecular weight is 277 g/mol. The molecule has 0 aliphatic carbocycles. The van der Waals surface area contributed by atoms with Gasteiger partial charge in [-0.25, -0.2) is 0 Å². The standard InChI is InChI=1S/C14H15NO3S/c16-7-3-6-15-13(17)9-19-14(15)12-8-10-4-1-2-5-11(10)18-12/h1-2,4-5,8,14,16H,3,6-7,9H2. The molecule has 1 N–H and O–H groups in total. The molecule has 1 aliphatic heterocycles. The summed E-state index contributed by atoms with van der Waals surface area (Å²) in [5.41, 5.74) is 0.847. The predicted molar refractivity (Wildman–Crippen MR) is 74.8 cm³/mol. The fourth-order valence-electron chi connectivity index (χ4n) is 2.30. The van der Waals surface area contributed by atoms with Gasteiger partial charge in [-0.2, -0.15) is 0 Å². The first-order chi connectivity index (χ1) is 9.29. The maximum atomic E-state index is 11.9. The molecule has 0 radical (unpaired) electrons. The molecule has 1 unspecified atom stereocenters. The second-order valence-electron chi connectivity index (χ2n) is 4.51.